The zero-order chi connectivity index (χ0) is 16.5. The molecule has 0 aliphatic carbocycles. The molecule has 2 fully saturated rings. The standard InChI is InChI=1S/C19H24N4O/c1-22-12-6-5-9-16-18(22)13-17(14-7-3-2-4-8-14)23(16)19(24)15-10-11-20-21-15/h2-4,7-8,10-11,16-18H,5-6,9,12-13H2,1H3,(H,20,21)/t16-,17-,18+/m0/s1. The van der Waals surface area contributed by atoms with Crippen molar-refractivity contribution >= 4 is 5.91 Å². The molecule has 5 nitrogen and oxygen atoms in total. The predicted molar refractivity (Wildman–Crippen MR) is 92.6 cm³/mol. The number of hydrogen-bond donors (Lipinski definition) is 1. The third-order valence-corrected chi connectivity index (χ3v) is 5.58. The van der Waals surface area contributed by atoms with Gasteiger partial charge in [0.1, 0.15) is 5.69 Å². The Bertz CT molecular complexity index is 685. The fourth-order valence-electron chi connectivity index (χ4n) is 4.38. The second-order valence-corrected chi connectivity index (χ2v) is 6.96. The van der Waals surface area contributed by atoms with Crippen LogP contribution < -0.4 is 0 Å². The zero-order valence-electron chi connectivity index (χ0n) is 14.1. The summed E-state index contributed by atoms with van der Waals surface area (Å²) in [6, 6.07) is 13.1. The SMILES string of the molecule is CN1CCCC[C@H]2[C@H]1C[C@@H](c1ccccc1)N2C(=O)c1ccn[nH]1. The van der Waals surface area contributed by atoms with E-state index in [-0.39, 0.29) is 18.0 Å². The molecule has 5 heteroatoms. The van der Waals surface area contributed by atoms with Crippen molar-refractivity contribution in [2.24, 2.45) is 0 Å². The number of H-pyrrole nitrogens is 1. The Balaban J connectivity index is 1.73. The molecule has 2 aromatic rings. The van der Waals surface area contributed by atoms with Crippen LogP contribution in [0, 0.1) is 0 Å². The lowest BCUT2D eigenvalue weighted by Crippen LogP contribution is -2.44. The first-order valence-corrected chi connectivity index (χ1v) is 8.83. The van der Waals surface area contributed by atoms with Crippen LogP contribution in [-0.2, 0) is 0 Å². The minimum atomic E-state index is 0.0733. The normalized spacial score (nSPS) is 27.7. The highest BCUT2D eigenvalue weighted by molar-refractivity contribution is 5.93. The van der Waals surface area contributed by atoms with Crippen LogP contribution in [-0.4, -0.2) is 51.6 Å². The van der Waals surface area contributed by atoms with E-state index in [0.29, 0.717) is 11.7 Å². The summed E-state index contributed by atoms with van der Waals surface area (Å²) >= 11 is 0. The molecule has 0 bridgehead atoms. The van der Waals surface area contributed by atoms with Crippen LogP contribution in [0.2, 0.25) is 0 Å². The number of aromatic nitrogens is 2. The monoisotopic (exact) mass is 324 g/mol. The number of nitrogens with one attached hydrogen (secondary N) is 1. The van der Waals surface area contributed by atoms with E-state index in [1.165, 1.54) is 18.4 Å². The Labute approximate surface area is 142 Å². The summed E-state index contributed by atoms with van der Waals surface area (Å²) in [6.45, 7) is 1.12. The summed E-state index contributed by atoms with van der Waals surface area (Å²) in [5.41, 5.74) is 1.82. The van der Waals surface area contributed by atoms with Gasteiger partial charge in [-0.1, -0.05) is 36.8 Å². The molecular weight excluding hydrogens is 300 g/mol. The number of rotatable bonds is 2. The highest BCUT2D eigenvalue weighted by Gasteiger charge is 2.46. The van der Waals surface area contributed by atoms with Crippen LogP contribution in [0.15, 0.2) is 42.6 Å². The van der Waals surface area contributed by atoms with Crippen LogP contribution in [0.1, 0.15) is 47.8 Å². The molecule has 2 aliphatic rings. The number of likely N-dealkylation sites (tertiary alicyclic amines) is 2. The van der Waals surface area contributed by atoms with Crippen LogP contribution in [0.3, 0.4) is 0 Å². The van der Waals surface area contributed by atoms with E-state index in [1.54, 1.807) is 12.3 Å². The molecule has 0 radical (unpaired) electrons. The van der Waals surface area contributed by atoms with Gasteiger partial charge in [0.2, 0.25) is 0 Å². The maximum Gasteiger partial charge on any atom is 0.272 e. The van der Waals surface area contributed by atoms with E-state index >= 15 is 0 Å². The lowest BCUT2D eigenvalue weighted by Gasteiger charge is -2.32. The number of hydrogen-bond acceptors (Lipinski definition) is 3. The number of likely N-dealkylation sites (N-methyl/N-ethyl adjacent to an activating group) is 1. The van der Waals surface area contributed by atoms with Gasteiger partial charge in [0.05, 0.1) is 6.04 Å². The van der Waals surface area contributed by atoms with E-state index in [2.05, 4.69) is 51.3 Å². The number of carbonyl (C=O) groups is 1. The Morgan fingerprint density at radius 3 is 2.75 bits per heavy atom. The van der Waals surface area contributed by atoms with Crippen molar-refractivity contribution in [2.45, 2.75) is 43.8 Å². The molecule has 2 saturated heterocycles. The van der Waals surface area contributed by atoms with Crippen LogP contribution in [0.25, 0.3) is 0 Å². The predicted octanol–water partition coefficient (Wildman–Crippen LogP) is 2.85. The minimum absolute atomic E-state index is 0.0733. The minimum Gasteiger partial charge on any atom is -0.326 e. The fraction of sp³-hybridized carbons (Fsp3) is 0.474. The molecule has 3 heterocycles. The van der Waals surface area contributed by atoms with Gasteiger partial charge in [-0.25, -0.2) is 0 Å². The van der Waals surface area contributed by atoms with Gasteiger partial charge in [-0.05, 0) is 44.5 Å². The first kappa shape index (κ1) is 15.4. The zero-order valence-corrected chi connectivity index (χ0v) is 14.1. The number of amides is 1. The lowest BCUT2D eigenvalue weighted by molar-refractivity contribution is 0.0626. The van der Waals surface area contributed by atoms with Crippen molar-refractivity contribution in [3.05, 3.63) is 53.9 Å². The van der Waals surface area contributed by atoms with E-state index in [9.17, 15) is 4.79 Å². The van der Waals surface area contributed by atoms with Crippen molar-refractivity contribution in [1.82, 2.24) is 20.0 Å². The summed E-state index contributed by atoms with van der Waals surface area (Å²) in [5, 5.41) is 6.82. The summed E-state index contributed by atoms with van der Waals surface area (Å²) in [7, 11) is 2.20. The summed E-state index contributed by atoms with van der Waals surface area (Å²) < 4.78 is 0. The third-order valence-electron chi connectivity index (χ3n) is 5.58. The van der Waals surface area contributed by atoms with Gasteiger partial charge >= 0.3 is 0 Å². The number of carbonyl (C=O) groups excluding carboxylic acids is 1. The average Bonchev–Trinajstić information content (AvgIpc) is 3.23. The summed E-state index contributed by atoms with van der Waals surface area (Å²) in [4.78, 5) is 17.8. The average molecular weight is 324 g/mol. The van der Waals surface area contributed by atoms with Crippen molar-refractivity contribution in [1.29, 1.82) is 0 Å². The van der Waals surface area contributed by atoms with Crippen molar-refractivity contribution in [3.8, 4) is 0 Å². The number of benzene rings is 1. The molecule has 126 valence electrons. The summed E-state index contributed by atoms with van der Waals surface area (Å²) in [5.74, 6) is 0.0733. The Morgan fingerprint density at radius 2 is 2.00 bits per heavy atom. The highest BCUT2D eigenvalue weighted by atomic mass is 16.2. The topological polar surface area (TPSA) is 52.2 Å². The Hall–Kier alpha value is -2.14. The first-order chi connectivity index (χ1) is 11.8. The first-order valence-electron chi connectivity index (χ1n) is 8.83. The number of fused-ring (bicyclic) bond motifs is 1. The molecule has 0 saturated carbocycles. The molecule has 24 heavy (non-hydrogen) atoms. The van der Waals surface area contributed by atoms with Gasteiger partial charge in [0.15, 0.2) is 0 Å². The molecule has 3 atom stereocenters. The van der Waals surface area contributed by atoms with E-state index in [0.717, 1.165) is 19.4 Å². The maximum atomic E-state index is 13.2. The molecule has 1 aromatic carbocycles. The number of aromatic amines is 1. The molecular formula is C19H24N4O. The van der Waals surface area contributed by atoms with Gasteiger partial charge in [-0.3, -0.25) is 9.89 Å². The third kappa shape index (κ3) is 2.63. The second kappa shape index (κ2) is 6.40. The van der Waals surface area contributed by atoms with Crippen LogP contribution >= 0.6 is 0 Å². The molecule has 0 spiro atoms. The molecule has 4 rings (SSSR count). The summed E-state index contributed by atoms with van der Waals surface area (Å²) in [6.07, 6.45) is 6.13. The van der Waals surface area contributed by atoms with Gasteiger partial charge in [0.25, 0.3) is 5.91 Å². The Morgan fingerprint density at radius 1 is 1.17 bits per heavy atom. The van der Waals surface area contributed by atoms with E-state index in [4.69, 9.17) is 0 Å². The van der Waals surface area contributed by atoms with Gasteiger partial charge in [-0.15, -0.1) is 0 Å². The van der Waals surface area contributed by atoms with Crippen molar-refractivity contribution in [2.75, 3.05) is 13.6 Å². The largest absolute Gasteiger partial charge is 0.326 e. The maximum absolute atomic E-state index is 13.2. The molecule has 1 aromatic heterocycles. The fourth-order valence-corrected chi connectivity index (χ4v) is 4.38. The second-order valence-electron chi connectivity index (χ2n) is 6.96. The Kier molecular flexibility index (Phi) is 4.10. The van der Waals surface area contributed by atoms with Gasteiger partial charge in [-0.2, -0.15) is 5.10 Å². The highest BCUT2D eigenvalue weighted by Crippen LogP contribution is 2.42. The molecule has 1 amide bonds. The van der Waals surface area contributed by atoms with Crippen molar-refractivity contribution in [3.63, 3.8) is 0 Å². The lowest BCUT2D eigenvalue weighted by atomic mass is 10.0. The quantitative estimate of drug-likeness (QED) is 0.924. The van der Waals surface area contributed by atoms with Gasteiger partial charge < -0.3 is 9.80 Å². The molecule has 0 unspecified atom stereocenters. The van der Waals surface area contributed by atoms with Crippen LogP contribution in [0.5, 0.6) is 0 Å². The smallest absolute Gasteiger partial charge is 0.272 e. The van der Waals surface area contributed by atoms with E-state index < -0.39 is 0 Å². The molecule has 2 aliphatic heterocycles. The number of nitrogens with zero attached hydrogens (tertiary/aromatic N) is 3. The van der Waals surface area contributed by atoms with Crippen molar-refractivity contribution < 1.29 is 4.79 Å². The van der Waals surface area contributed by atoms with Gasteiger partial charge in [0, 0.05) is 18.3 Å². The van der Waals surface area contributed by atoms with Crippen LogP contribution in [0.4, 0.5) is 0 Å². The molecule has 1 N–H and O–H groups in total. The van der Waals surface area contributed by atoms with E-state index in [1.807, 2.05) is 6.07 Å².